The SMILES string of the molecule is O=C(O)C1CCCCN1C(=O)N1CCOCC1CO. The third kappa shape index (κ3) is 2.98. The Balaban J connectivity index is 2.09. The van der Waals surface area contributed by atoms with Gasteiger partial charge in [0.05, 0.1) is 25.9 Å². The van der Waals surface area contributed by atoms with Crippen LogP contribution in [0.25, 0.3) is 0 Å². The average molecular weight is 272 g/mol. The van der Waals surface area contributed by atoms with Gasteiger partial charge in [-0.2, -0.15) is 0 Å². The van der Waals surface area contributed by atoms with Gasteiger partial charge in [-0.3, -0.25) is 0 Å². The van der Waals surface area contributed by atoms with Crippen molar-refractivity contribution < 1.29 is 24.5 Å². The van der Waals surface area contributed by atoms with Crippen molar-refractivity contribution in [3.05, 3.63) is 0 Å². The first-order valence-electron chi connectivity index (χ1n) is 6.63. The molecule has 2 aliphatic heterocycles. The molecular formula is C12H20N2O5. The zero-order chi connectivity index (χ0) is 13.8. The number of aliphatic hydroxyl groups excluding tert-OH is 1. The Morgan fingerprint density at radius 3 is 2.68 bits per heavy atom. The van der Waals surface area contributed by atoms with Gasteiger partial charge in [-0.25, -0.2) is 9.59 Å². The molecule has 2 fully saturated rings. The number of aliphatic hydroxyl groups is 1. The van der Waals surface area contributed by atoms with Crippen LogP contribution in [0, 0.1) is 0 Å². The maximum absolute atomic E-state index is 12.5. The van der Waals surface area contributed by atoms with Gasteiger partial charge in [0, 0.05) is 13.1 Å². The van der Waals surface area contributed by atoms with E-state index >= 15 is 0 Å². The van der Waals surface area contributed by atoms with Gasteiger partial charge in [-0.05, 0) is 19.3 Å². The van der Waals surface area contributed by atoms with Crippen LogP contribution in [0.5, 0.6) is 0 Å². The Hall–Kier alpha value is -1.34. The number of carboxylic acids is 1. The predicted molar refractivity (Wildman–Crippen MR) is 65.8 cm³/mol. The van der Waals surface area contributed by atoms with E-state index in [4.69, 9.17) is 4.74 Å². The number of hydrogen-bond donors (Lipinski definition) is 2. The van der Waals surface area contributed by atoms with Crippen LogP contribution in [0.4, 0.5) is 4.79 Å². The molecule has 2 heterocycles. The summed E-state index contributed by atoms with van der Waals surface area (Å²) in [4.78, 5) is 26.6. The molecule has 0 radical (unpaired) electrons. The minimum atomic E-state index is -0.957. The van der Waals surface area contributed by atoms with E-state index in [1.165, 1.54) is 9.80 Å². The van der Waals surface area contributed by atoms with E-state index in [1.54, 1.807) is 0 Å². The largest absolute Gasteiger partial charge is 0.480 e. The van der Waals surface area contributed by atoms with Crippen LogP contribution in [-0.4, -0.2) is 77.0 Å². The van der Waals surface area contributed by atoms with Crippen LogP contribution >= 0.6 is 0 Å². The Morgan fingerprint density at radius 2 is 2.00 bits per heavy atom. The van der Waals surface area contributed by atoms with E-state index in [0.717, 1.165) is 12.8 Å². The Morgan fingerprint density at radius 1 is 1.21 bits per heavy atom. The molecule has 2 aliphatic rings. The molecule has 2 amide bonds. The van der Waals surface area contributed by atoms with Crippen molar-refractivity contribution in [3.63, 3.8) is 0 Å². The molecule has 0 bridgehead atoms. The fourth-order valence-electron chi connectivity index (χ4n) is 2.64. The Kier molecular flexibility index (Phi) is 4.60. The molecule has 0 saturated carbocycles. The first-order valence-corrected chi connectivity index (χ1v) is 6.63. The van der Waals surface area contributed by atoms with Crippen LogP contribution in [0.15, 0.2) is 0 Å². The molecule has 7 heteroatoms. The topological polar surface area (TPSA) is 90.3 Å². The fourth-order valence-corrected chi connectivity index (χ4v) is 2.64. The van der Waals surface area contributed by atoms with Gasteiger partial charge < -0.3 is 24.7 Å². The summed E-state index contributed by atoms with van der Waals surface area (Å²) < 4.78 is 5.23. The van der Waals surface area contributed by atoms with E-state index in [1.807, 2.05) is 0 Å². The first-order chi connectivity index (χ1) is 9.15. The number of ether oxygens (including phenoxy) is 1. The van der Waals surface area contributed by atoms with Gasteiger partial charge in [0.15, 0.2) is 0 Å². The molecule has 2 N–H and O–H groups in total. The quantitative estimate of drug-likeness (QED) is 0.722. The maximum atomic E-state index is 12.5. The summed E-state index contributed by atoms with van der Waals surface area (Å²) >= 11 is 0. The second-order valence-electron chi connectivity index (χ2n) is 4.93. The van der Waals surface area contributed by atoms with Crippen molar-refractivity contribution in [3.8, 4) is 0 Å². The summed E-state index contributed by atoms with van der Waals surface area (Å²) in [6, 6.07) is -1.42. The van der Waals surface area contributed by atoms with Gasteiger partial charge >= 0.3 is 12.0 Å². The number of nitrogens with zero attached hydrogens (tertiary/aromatic N) is 2. The normalized spacial score (nSPS) is 28.3. The average Bonchev–Trinajstić information content (AvgIpc) is 2.46. The third-order valence-corrected chi connectivity index (χ3v) is 3.72. The third-order valence-electron chi connectivity index (χ3n) is 3.72. The van der Waals surface area contributed by atoms with Crippen molar-refractivity contribution in [1.29, 1.82) is 0 Å². The zero-order valence-electron chi connectivity index (χ0n) is 10.8. The highest BCUT2D eigenvalue weighted by Crippen LogP contribution is 2.20. The molecule has 2 rings (SSSR count). The molecular weight excluding hydrogens is 252 g/mol. The van der Waals surface area contributed by atoms with Gasteiger partial charge in [-0.1, -0.05) is 0 Å². The standard InChI is InChI=1S/C12H20N2O5/c15-7-9-8-19-6-5-13(9)12(18)14-4-2-1-3-10(14)11(16)17/h9-10,15H,1-8H2,(H,16,17). The summed E-state index contributed by atoms with van der Waals surface area (Å²) in [6.07, 6.45) is 2.14. The van der Waals surface area contributed by atoms with Crippen LogP contribution in [0.3, 0.4) is 0 Å². The highest BCUT2D eigenvalue weighted by Gasteiger charge is 2.37. The lowest BCUT2D eigenvalue weighted by Gasteiger charge is -2.41. The number of aliphatic carboxylic acids is 1. The van der Waals surface area contributed by atoms with E-state index in [2.05, 4.69) is 0 Å². The van der Waals surface area contributed by atoms with Crippen LogP contribution in [-0.2, 0) is 9.53 Å². The highest BCUT2D eigenvalue weighted by molar-refractivity contribution is 5.83. The van der Waals surface area contributed by atoms with E-state index in [-0.39, 0.29) is 18.7 Å². The molecule has 19 heavy (non-hydrogen) atoms. The van der Waals surface area contributed by atoms with Crippen molar-refractivity contribution in [2.24, 2.45) is 0 Å². The summed E-state index contributed by atoms with van der Waals surface area (Å²) in [5.74, 6) is -0.957. The number of urea groups is 1. The number of likely N-dealkylation sites (tertiary alicyclic amines) is 1. The lowest BCUT2D eigenvalue weighted by atomic mass is 10.0. The number of amides is 2. The molecule has 7 nitrogen and oxygen atoms in total. The predicted octanol–water partition coefficient (Wildman–Crippen LogP) is -0.261. The summed E-state index contributed by atoms with van der Waals surface area (Å²) in [5.41, 5.74) is 0. The molecule has 0 aromatic rings. The number of hydrogen-bond acceptors (Lipinski definition) is 4. The van der Waals surface area contributed by atoms with E-state index in [0.29, 0.717) is 32.7 Å². The van der Waals surface area contributed by atoms with Crippen molar-refractivity contribution in [2.45, 2.75) is 31.3 Å². The zero-order valence-corrected chi connectivity index (χ0v) is 10.8. The smallest absolute Gasteiger partial charge is 0.326 e. The number of rotatable bonds is 2. The van der Waals surface area contributed by atoms with Crippen molar-refractivity contribution >= 4 is 12.0 Å². The number of piperidine rings is 1. The number of carboxylic acid groups (broad SMARTS) is 1. The minimum absolute atomic E-state index is 0.169. The van der Waals surface area contributed by atoms with Crippen molar-refractivity contribution in [2.75, 3.05) is 32.9 Å². The minimum Gasteiger partial charge on any atom is -0.480 e. The fraction of sp³-hybridized carbons (Fsp3) is 0.833. The highest BCUT2D eigenvalue weighted by atomic mass is 16.5. The molecule has 2 atom stereocenters. The van der Waals surface area contributed by atoms with Crippen molar-refractivity contribution in [1.82, 2.24) is 9.80 Å². The lowest BCUT2D eigenvalue weighted by molar-refractivity contribution is -0.143. The summed E-state index contributed by atoms with van der Waals surface area (Å²) in [6.45, 7) is 1.41. The Labute approximate surface area is 111 Å². The second kappa shape index (κ2) is 6.21. The summed E-state index contributed by atoms with van der Waals surface area (Å²) in [7, 11) is 0. The molecule has 0 spiro atoms. The number of morpholine rings is 1. The molecule has 0 aliphatic carbocycles. The van der Waals surface area contributed by atoms with Gasteiger partial charge in [0.1, 0.15) is 6.04 Å². The van der Waals surface area contributed by atoms with Gasteiger partial charge in [0.25, 0.3) is 0 Å². The lowest BCUT2D eigenvalue weighted by Crippen LogP contribution is -2.59. The van der Waals surface area contributed by atoms with E-state index in [9.17, 15) is 19.8 Å². The van der Waals surface area contributed by atoms with Gasteiger partial charge in [0.2, 0.25) is 0 Å². The second-order valence-corrected chi connectivity index (χ2v) is 4.93. The monoisotopic (exact) mass is 272 g/mol. The number of carbonyl (C=O) groups excluding carboxylic acids is 1. The molecule has 108 valence electrons. The maximum Gasteiger partial charge on any atom is 0.326 e. The van der Waals surface area contributed by atoms with E-state index < -0.39 is 12.0 Å². The number of carbonyl (C=O) groups is 2. The molecule has 2 unspecified atom stereocenters. The summed E-state index contributed by atoms with van der Waals surface area (Å²) in [5, 5.41) is 18.5. The van der Waals surface area contributed by atoms with Crippen LogP contribution in [0.2, 0.25) is 0 Å². The molecule has 0 aromatic heterocycles. The van der Waals surface area contributed by atoms with Gasteiger partial charge in [-0.15, -0.1) is 0 Å². The first kappa shape index (κ1) is 14.1. The Bertz CT molecular complexity index is 349. The molecule has 2 saturated heterocycles. The van der Waals surface area contributed by atoms with Crippen LogP contribution in [0.1, 0.15) is 19.3 Å². The van der Waals surface area contributed by atoms with Crippen LogP contribution < -0.4 is 0 Å². The molecule has 0 aromatic carbocycles.